The van der Waals surface area contributed by atoms with E-state index in [0.717, 1.165) is 32.1 Å². The van der Waals surface area contributed by atoms with E-state index in [1.807, 2.05) is 12.1 Å². The van der Waals surface area contributed by atoms with E-state index >= 15 is 0 Å². The lowest BCUT2D eigenvalue weighted by Gasteiger charge is -2.35. The molecule has 1 aliphatic heterocycles. The molecule has 0 amide bonds. The van der Waals surface area contributed by atoms with E-state index in [4.69, 9.17) is 9.47 Å². The Bertz CT molecular complexity index is 496. The number of methoxy groups -OCH3 is 2. The van der Waals surface area contributed by atoms with Crippen molar-refractivity contribution in [3.63, 3.8) is 0 Å². The zero-order valence-electron chi connectivity index (χ0n) is 14.3. The fourth-order valence-electron chi connectivity index (χ4n) is 3.27. The van der Waals surface area contributed by atoms with Gasteiger partial charge < -0.3 is 19.9 Å². The second-order valence-electron chi connectivity index (χ2n) is 6.25. The molecule has 7 heteroatoms. The van der Waals surface area contributed by atoms with Crippen LogP contribution in [0.1, 0.15) is 30.9 Å². The Morgan fingerprint density at radius 3 is 2.12 bits per heavy atom. The Morgan fingerprint density at radius 2 is 1.67 bits per heavy atom. The normalized spacial score (nSPS) is 18.9. The van der Waals surface area contributed by atoms with Gasteiger partial charge in [-0.3, -0.25) is 4.90 Å². The number of halogens is 2. The number of hydrogen-bond acceptors (Lipinski definition) is 5. The number of aromatic hydroxyl groups is 1. The standard InChI is InChI=1S/C17H26N2O3.2ClH/c1-21-15-10-13(11-16(22-2)17(15)20)14(9-12-3-4-12)19-7-5-18-6-8-19;;/h10-12,14,18,20H,3-9H2,1-2H3;2*1H/t14-;;/m1../s1. The van der Waals surface area contributed by atoms with Crippen LogP contribution in [0.3, 0.4) is 0 Å². The third-order valence-electron chi connectivity index (χ3n) is 4.73. The van der Waals surface area contributed by atoms with Crippen LogP contribution in [0.15, 0.2) is 12.1 Å². The molecule has 1 saturated carbocycles. The van der Waals surface area contributed by atoms with Crippen LogP contribution >= 0.6 is 24.8 Å². The van der Waals surface area contributed by atoms with E-state index in [0.29, 0.717) is 17.5 Å². The summed E-state index contributed by atoms with van der Waals surface area (Å²) in [4.78, 5) is 2.54. The number of nitrogens with one attached hydrogen (secondary N) is 1. The minimum Gasteiger partial charge on any atom is -0.502 e. The second kappa shape index (κ2) is 9.56. The summed E-state index contributed by atoms with van der Waals surface area (Å²) in [6, 6.07) is 4.30. The smallest absolute Gasteiger partial charge is 0.200 e. The lowest BCUT2D eigenvalue weighted by molar-refractivity contribution is 0.160. The molecule has 0 spiro atoms. The quantitative estimate of drug-likeness (QED) is 0.796. The highest BCUT2D eigenvalue weighted by Gasteiger charge is 2.31. The van der Waals surface area contributed by atoms with Crippen LogP contribution in [0.25, 0.3) is 0 Å². The summed E-state index contributed by atoms with van der Waals surface area (Å²) in [7, 11) is 3.16. The fourth-order valence-corrected chi connectivity index (χ4v) is 3.27. The van der Waals surface area contributed by atoms with Gasteiger partial charge in [0.05, 0.1) is 14.2 Å². The second-order valence-corrected chi connectivity index (χ2v) is 6.25. The molecule has 1 saturated heterocycles. The van der Waals surface area contributed by atoms with Crippen LogP contribution in [0.5, 0.6) is 17.2 Å². The first-order valence-corrected chi connectivity index (χ1v) is 8.12. The fraction of sp³-hybridized carbons (Fsp3) is 0.647. The lowest BCUT2D eigenvalue weighted by Crippen LogP contribution is -2.45. The maximum Gasteiger partial charge on any atom is 0.200 e. The molecule has 3 rings (SSSR count). The first-order chi connectivity index (χ1) is 10.7. The molecule has 2 N–H and O–H groups in total. The molecular formula is C17H28Cl2N2O3. The number of nitrogens with zero attached hydrogens (tertiary/aromatic N) is 1. The molecule has 1 atom stereocenters. The molecule has 1 aromatic carbocycles. The monoisotopic (exact) mass is 378 g/mol. The molecule has 0 radical (unpaired) electrons. The molecule has 138 valence electrons. The topological polar surface area (TPSA) is 54.0 Å². The van der Waals surface area contributed by atoms with Crippen molar-refractivity contribution >= 4 is 24.8 Å². The highest BCUT2D eigenvalue weighted by molar-refractivity contribution is 5.85. The van der Waals surface area contributed by atoms with Crippen molar-refractivity contribution < 1.29 is 14.6 Å². The molecule has 0 unspecified atom stereocenters. The van der Waals surface area contributed by atoms with Crippen molar-refractivity contribution in [1.82, 2.24) is 10.2 Å². The first kappa shape index (κ1) is 21.2. The Labute approximate surface area is 156 Å². The van der Waals surface area contributed by atoms with Gasteiger partial charge in [0, 0.05) is 32.2 Å². The van der Waals surface area contributed by atoms with Gasteiger partial charge in [0.25, 0.3) is 0 Å². The zero-order valence-corrected chi connectivity index (χ0v) is 15.9. The minimum absolute atomic E-state index is 0. The van der Waals surface area contributed by atoms with Crippen molar-refractivity contribution in [3.8, 4) is 17.2 Å². The number of ether oxygens (including phenoxy) is 2. The van der Waals surface area contributed by atoms with E-state index in [2.05, 4.69) is 10.2 Å². The predicted molar refractivity (Wildman–Crippen MR) is 100 cm³/mol. The molecule has 0 aromatic heterocycles. The minimum atomic E-state index is 0. The number of rotatable bonds is 6. The number of hydrogen-bond donors (Lipinski definition) is 2. The Balaban J connectivity index is 0.00000144. The van der Waals surface area contributed by atoms with Gasteiger partial charge in [0.15, 0.2) is 11.5 Å². The van der Waals surface area contributed by atoms with E-state index in [9.17, 15) is 5.11 Å². The van der Waals surface area contributed by atoms with Crippen LogP contribution in [-0.2, 0) is 0 Å². The third kappa shape index (κ3) is 4.82. The van der Waals surface area contributed by atoms with Crippen molar-refractivity contribution in [1.29, 1.82) is 0 Å². The molecule has 24 heavy (non-hydrogen) atoms. The Hall–Kier alpha value is -0.880. The summed E-state index contributed by atoms with van der Waals surface area (Å²) in [6.07, 6.45) is 3.86. The van der Waals surface area contributed by atoms with Gasteiger partial charge in [0.1, 0.15) is 0 Å². The van der Waals surface area contributed by atoms with Gasteiger partial charge >= 0.3 is 0 Å². The van der Waals surface area contributed by atoms with Crippen LogP contribution in [0, 0.1) is 5.92 Å². The van der Waals surface area contributed by atoms with Gasteiger partial charge in [-0.05, 0) is 30.0 Å². The number of piperazine rings is 1. The predicted octanol–water partition coefficient (Wildman–Crippen LogP) is 3.00. The maximum atomic E-state index is 10.1. The molecule has 1 heterocycles. The van der Waals surface area contributed by atoms with Crippen LogP contribution in [0.2, 0.25) is 0 Å². The zero-order chi connectivity index (χ0) is 15.5. The van der Waals surface area contributed by atoms with E-state index in [1.165, 1.54) is 24.8 Å². The summed E-state index contributed by atoms with van der Waals surface area (Å²) < 4.78 is 10.7. The number of phenols is 1. The van der Waals surface area contributed by atoms with Crippen LogP contribution in [0.4, 0.5) is 0 Å². The average molecular weight is 379 g/mol. The third-order valence-corrected chi connectivity index (χ3v) is 4.73. The van der Waals surface area contributed by atoms with E-state index in [1.54, 1.807) is 14.2 Å². The average Bonchev–Trinajstić information content (AvgIpc) is 3.38. The lowest BCUT2D eigenvalue weighted by atomic mass is 9.97. The molecule has 2 fully saturated rings. The summed E-state index contributed by atoms with van der Waals surface area (Å²) in [5, 5.41) is 13.5. The largest absolute Gasteiger partial charge is 0.502 e. The van der Waals surface area contributed by atoms with Gasteiger partial charge in [-0.2, -0.15) is 0 Å². The molecule has 1 aliphatic carbocycles. The molecule has 1 aromatic rings. The van der Waals surface area contributed by atoms with E-state index < -0.39 is 0 Å². The van der Waals surface area contributed by atoms with Crippen molar-refractivity contribution in [2.24, 2.45) is 5.92 Å². The van der Waals surface area contributed by atoms with Gasteiger partial charge in [-0.1, -0.05) is 12.8 Å². The molecule has 5 nitrogen and oxygen atoms in total. The van der Waals surface area contributed by atoms with Crippen molar-refractivity contribution in [3.05, 3.63) is 17.7 Å². The van der Waals surface area contributed by atoms with Crippen LogP contribution < -0.4 is 14.8 Å². The SMILES string of the molecule is COc1cc([C@@H](CC2CC2)N2CCNCC2)cc(OC)c1O.Cl.Cl. The maximum absolute atomic E-state index is 10.1. The van der Waals surface area contributed by atoms with Crippen molar-refractivity contribution in [2.45, 2.75) is 25.3 Å². The van der Waals surface area contributed by atoms with Gasteiger partial charge in [-0.15, -0.1) is 24.8 Å². The summed E-state index contributed by atoms with van der Waals surface area (Å²) >= 11 is 0. The molecule has 2 aliphatic rings. The summed E-state index contributed by atoms with van der Waals surface area (Å²) in [5.41, 5.74) is 1.18. The van der Waals surface area contributed by atoms with Gasteiger partial charge in [0.2, 0.25) is 5.75 Å². The Morgan fingerprint density at radius 1 is 1.12 bits per heavy atom. The van der Waals surface area contributed by atoms with E-state index in [-0.39, 0.29) is 30.6 Å². The molecule has 0 bridgehead atoms. The summed E-state index contributed by atoms with van der Waals surface area (Å²) in [6.45, 7) is 4.19. The first-order valence-electron chi connectivity index (χ1n) is 8.12. The molecular weight excluding hydrogens is 351 g/mol. The summed E-state index contributed by atoms with van der Waals surface area (Å²) in [5.74, 6) is 1.90. The highest BCUT2D eigenvalue weighted by atomic mass is 35.5. The Kier molecular flexibility index (Phi) is 8.43. The van der Waals surface area contributed by atoms with Gasteiger partial charge in [-0.25, -0.2) is 0 Å². The van der Waals surface area contributed by atoms with Crippen molar-refractivity contribution in [2.75, 3.05) is 40.4 Å². The number of phenolic OH excluding ortho intramolecular Hbond substituents is 1. The highest BCUT2D eigenvalue weighted by Crippen LogP contribution is 2.44. The number of benzene rings is 1. The van der Waals surface area contributed by atoms with Crippen LogP contribution in [-0.4, -0.2) is 50.4 Å².